The summed E-state index contributed by atoms with van der Waals surface area (Å²) < 4.78 is 7.05. The van der Waals surface area contributed by atoms with Gasteiger partial charge in [-0.25, -0.2) is 4.98 Å². The highest BCUT2D eigenvalue weighted by molar-refractivity contribution is 5.83. The number of imidazole rings is 1. The molecule has 3 aromatic rings. The van der Waals surface area contributed by atoms with Gasteiger partial charge >= 0.3 is 0 Å². The molecule has 6 N–H and O–H groups in total. The maximum absolute atomic E-state index is 10.3. The molecule has 148 valence electrons. The zero-order valence-electron chi connectivity index (χ0n) is 15.2. The van der Waals surface area contributed by atoms with Gasteiger partial charge in [0.25, 0.3) is 0 Å². The average molecular weight is 386 g/mol. The third-order valence-corrected chi connectivity index (χ3v) is 4.94. The molecule has 0 bridgehead atoms. The summed E-state index contributed by atoms with van der Waals surface area (Å²) in [4.78, 5) is 12.9. The molecule has 0 spiro atoms. The molecule has 10 nitrogen and oxygen atoms in total. The number of aryl methyl sites for hydroxylation is 1. The van der Waals surface area contributed by atoms with E-state index in [2.05, 4.69) is 20.3 Å². The summed E-state index contributed by atoms with van der Waals surface area (Å²) in [6.45, 7) is 2.12. The number of anilines is 2. The van der Waals surface area contributed by atoms with E-state index in [1.54, 1.807) is 0 Å². The Bertz CT molecular complexity index is 993. The number of aliphatic hydroxyl groups is 3. The van der Waals surface area contributed by atoms with E-state index in [0.29, 0.717) is 23.7 Å². The Hall–Kier alpha value is -2.79. The zero-order valence-corrected chi connectivity index (χ0v) is 15.2. The van der Waals surface area contributed by atoms with Crippen LogP contribution >= 0.6 is 0 Å². The quantitative estimate of drug-likeness (QED) is 0.406. The minimum Gasteiger partial charge on any atom is -0.394 e. The van der Waals surface area contributed by atoms with Crippen LogP contribution in [0.4, 0.5) is 11.8 Å². The minimum atomic E-state index is -1.24. The van der Waals surface area contributed by atoms with Crippen molar-refractivity contribution in [3.8, 4) is 0 Å². The number of nitrogen functional groups attached to an aromatic ring is 1. The summed E-state index contributed by atoms with van der Waals surface area (Å²) in [5.41, 5.74) is 8.98. The van der Waals surface area contributed by atoms with Crippen molar-refractivity contribution in [3.63, 3.8) is 0 Å². The fraction of sp³-hybridized carbons (Fsp3) is 0.389. The summed E-state index contributed by atoms with van der Waals surface area (Å²) in [7, 11) is 0. The minimum absolute atomic E-state index is 0.183. The second-order valence-corrected chi connectivity index (χ2v) is 6.77. The second kappa shape index (κ2) is 7.32. The summed E-state index contributed by atoms with van der Waals surface area (Å²) in [6, 6.07) is 7.96. The first-order chi connectivity index (χ1) is 13.5. The number of nitrogens with zero attached hydrogens (tertiary/aromatic N) is 4. The number of nitrogens with one attached hydrogen (secondary N) is 1. The van der Waals surface area contributed by atoms with Crippen LogP contribution in [-0.2, 0) is 11.3 Å². The van der Waals surface area contributed by atoms with Crippen LogP contribution in [0.2, 0.25) is 0 Å². The van der Waals surface area contributed by atoms with Gasteiger partial charge in [-0.3, -0.25) is 4.57 Å². The van der Waals surface area contributed by atoms with Crippen LogP contribution in [-0.4, -0.2) is 59.8 Å². The van der Waals surface area contributed by atoms with Gasteiger partial charge in [-0.05, 0) is 18.1 Å². The van der Waals surface area contributed by atoms with Crippen molar-refractivity contribution in [2.24, 2.45) is 0 Å². The highest BCUT2D eigenvalue weighted by atomic mass is 16.6. The summed E-state index contributed by atoms with van der Waals surface area (Å²) in [5.74, 6) is 0.490. The monoisotopic (exact) mass is 386 g/mol. The first-order valence-corrected chi connectivity index (χ1v) is 8.90. The molecule has 0 saturated carbocycles. The van der Waals surface area contributed by atoms with Crippen molar-refractivity contribution in [3.05, 3.63) is 41.7 Å². The van der Waals surface area contributed by atoms with Gasteiger partial charge in [0, 0.05) is 6.54 Å². The number of ether oxygens (including phenoxy) is 1. The summed E-state index contributed by atoms with van der Waals surface area (Å²) >= 11 is 0. The molecule has 1 aromatic carbocycles. The van der Waals surface area contributed by atoms with Crippen molar-refractivity contribution in [1.29, 1.82) is 0 Å². The summed E-state index contributed by atoms with van der Waals surface area (Å²) in [6.07, 6.45) is -2.88. The van der Waals surface area contributed by atoms with E-state index in [1.807, 2.05) is 31.2 Å². The lowest BCUT2D eigenvalue weighted by Crippen LogP contribution is -2.33. The number of aromatic nitrogens is 4. The standard InChI is InChI=1S/C18H22N6O4/c1-9-4-2-3-5-10(9)6-20-18-22-15(19)12-16(23-18)24(8-21-12)17-14(27)13(26)11(7-25)28-17/h2-5,8,11,13-14,17,25-27H,6-7H2,1H3,(H3,19,20,22,23)/t11-,13-,14-,17?/m1/s1. The first-order valence-electron chi connectivity index (χ1n) is 8.90. The average Bonchev–Trinajstić information content (AvgIpc) is 3.23. The molecule has 1 unspecified atom stereocenters. The van der Waals surface area contributed by atoms with Crippen molar-refractivity contribution < 1.29 is 20.1 Å². The van der Waals surface area contributed by atoms with Crippen molar-refractivity contribution in [2.75, 3.05) is 17.7 Å². The number of aliphatic hydroxyl groups excluding tert-OH is 3. The van der Waals surface area contributed by atoms with Crippen molar-refractivity contribution >= 4 is 22.9 Å². The lowest BCUT2D eigenvalue weighted by molar-refractivity contribution is -0.0511. The zero-order chi connectivity index (χ0) is 19.8. The van der Waals surface area contributed by atoms with E-state index in [-0.39, 0.29) is 5.82 Å². The maximum Gasteiger partial charge on any atom is 0.227 e. The van der Waals surface area contributed by atoms with Gasteiger partial charge in [-0.1, -0.05) is 24.3 Å². The highest BCUT2D eigenvalue weighted by Crippen LogP contribution is 2.32. The lowest BCUT2D eigenvalue weighted by atomic mass is 10.1. The third kappa shape index (κ3) is 3.16. The SMILES string of the molecule is Cc1ccccc1CNc1nc(N)c2ncn(C3O[C@H](CO)[C@@H](O)[C@H]3O)c2n1. The Morgan fingerprint density at radius 1 is 1.21 bits per heavy atom. The molecule has 0 radical (unpaired) electrons. The second-order valence-electron chi connectivity index (χ2n) is 6.77. The molecule has 28 heavy (non-hydrogen) atoms. The molecule has 4 atom stereocenters. The molecule has 2 aromatic heterocycles. The molecule has 1 saturated heterocycles. The summed E-state index contributed by atoms with van der Waals surface area (Å²) in [5, 5.41) is 32.7. The van der Waals surface area contributed by atoms with E-state index in [4.69, 9.17) is 10.5 Å². The van der Waals surface area contributed by atoms with Crippen molar-refractivity contribution in [1.82, 2.24) is 19.5 Å². The molecule has 10 heteroatoms. The number of hydrogen-bond acceptors (Lipinski definition) is 9. The molecule has 1 aliphatic rings. The van der Waals surface area contributed by atoms with Gasteiger partial charge in [-0.15, -0.1) is 0 Å². The lowest BCUT2D eigenvalue weighted by Gasteiger charge is -2.17. The van der Waals surface area contributed by atoms with Gasteiger partial charge in [0.2, 0.25) is 5.95 Å². The molecular formula is C18H22N6O4. The van der Waals surface area contributed by atoms with Crippen LogP contribution < -0.4 is 11.1 Å². The van der Waals surface area contributed by atoms with Gasteiger partial charge in [0.1, 0.15) is 23.8 Å². The van der Waals surface area contributed by atoms with Crippen LogP contribution in [0.3, 0.4) is 0 Å². The fourth-order valence-electron chi connectivity index (χ4n) is 3.30. The predicted molar refractivity (Wildman–Crippen MR) is 101 cm³/mol. The number of fused-ring (bicyclic) bond motifs is 1. The predicted octanol–water partition coefficient (Wildman–Crippen LogP) is -0.0595. The number of rotatable bonds is 5. The molecule has 0 amide bonds. The molecule has 1 aliphatic heterocycles. The van der Waals surface area contributed by atoms with Crippen LogP contribution in [0.25, 0.3) is 11.2 Å². The smallest absolute Gasteiger partial charge is 0.227 e. The largest absolute Gasteiger partial charge is 0.394 e. The van der Waals surface area contributed by atoms with E-state index in [1.165, 1.54) is 10.9 Å². The molecular weight excluding hydrogens is 364 g/mol. The van der Waals surface area contributed by atoms with Crippen LogP contribution in [0, 0.1) is 6.92 Å². The Morgan fingerprint density at radius 3 is 2.71 bits per heavy atom. The Kier molecular flexibility index (Phi) is 4.85. The number of hydrogen-bond donors (Lipinski definition) is 5. The van der Waals surface area contributed by atoms with Gasteiger partial charge in [0.15, 0.2) is 17.7 Å². The van der Waals surface area contributed by atoms with Gasteiger partial charge in [0.05, 0.1) is 12.9 Å². The molecule has 0 aliphatic carbocycles. The van der Waals surface area contributed by atoms with E-state index >= 15 is 0 Å². The fourth-order valence-corrected chi connectivity index (χ4v) is 3.30. The topological polar surface area (TPSA) is 152 Å². The maximum atomic E-state index is 10.3. The van der Waals surface area contributed by atoms with E-state index in [0.717, 1.165) is 11.1 Å². The Morgan fingerprint density at radius 2 is 2.00 bits per heavy atom. The van der Waals surface area contributed by atoms with Crippen LogP contribution in [0.15, 0.2) is 30.6 Å². The number of nitrogens with two attached hydrogens (primary N) is 1. The van der Waals surface area contributed by atoms with Crippen LogP contribution in [0.1, 0.15) is 17.4 Å². The molecule has 4 rings (SSSR count). The molecule has 3 heterocycles. The Labute approximate surface area is 160 Å². The van der Waals surface area contributed by atoms with Gasteiger partial charge < -0.3 is 31.1 Å². The third-order valence-electron chi connectivity index (χ3n) is 4.94. The Balaban J connectivity index is 1.64. The van der Waals surface area contributed by atoms with Gasteiger partial charge in [-0.2, -0.15) is 9.97 Å². The highest BCUT2D eigenvalue weighted by Gasteiger charge is 2.44. The van der Waals surface area contributed by atoms with Crippen LogP contribution in [0.5, 0.6) is 0 Å². The van der Waals surface area contributed by atoms with E-state index in [9.17, 15) is 15.3 Å². The normalized spacial score (nSPS) is 24.7. The van der Waals surface area contributed by atoms with E-state index < -0.39 is 31.1 Å². The van der Waals surface area contributed by atoms with Crippen molar-refractivity contribution in [2.45, 2.75) is 38.0 Å². The first kappa shape index (κ1) is 18.6. The number of benzene rings is 1. The molecule has 1 fully saturated rings.